The van der Waals surface area contributed by atoms with Crippen molar-refractivity contribution in [3.05, 3.63) is 0 Å². The van der Waals surface area contributed by atoms with Gasteiger partial charge in [-0.3, -0.25) is 0 Å². The molecule has 0 bridgehead atoms. The highest BCUT2D eigenvalue weighted by Crippen LogP contribution is 2.21. The minimum absolute atomic E-state index is 0.181. The van der Waals surface area contributed by atoms with Gasteiger partial charge in [0.2, 0.25) is 0 Å². The summed E-state index contributed by atoms with van der Waals surface area (Å²) in [4.78, 5) is 13.5. The molecule has 1 rings (SSSR count). The number of carbonyl (C=O) groups excluding carboxylic acids is 1. The lowest BCUT2D eigenvalue weighted by Crippen LogP contribution is -2.40. The van der Waals surface area contributed by atoms with Gasteiger partial charge in [0, 0.05) is 17.9 Å². The number of ether oxygens (including phenoxy) is 1. The Kier molecular flexibility index (Phi) is 3.81. The molecule has 0 aromatic heterocycles. The van der Waals surface area contributed by atoms with Gasteiger partial charge in [-0.1, -0.05) is 15.9 Å². The Morgan fingerprint density at radius 3 is 2.71 bits per heavy atom. The lowest BCUT2D eigenvalue weighted by atomic mass is 10.2. The molecule has 14 heavy (non-hydrogen) atoms. The van der Waals surface area contributed by atoms with Crippen LogP contribution in [0, 0.1) is 0 Å². The maximum Gasteiger partial charge on any atom is 0.410 e. The molecular weight excluding hydrogens is 246 g/mol. The average molecular weight is 264 g/mol. The molecule has 4 heteroatoms. The van der Waals surface area contributed by atoms with Gasteiger partial charge in [0.1, 0.15) is 5.60 Å². The Morgan fingerprint density at radius 1 is 1.57 bits per heavy atom. The first-order chi connectivity index (χ1) is 6.44. The second-order valence-electron chi connectivity index (χ2n) is 4.62. The molecule has 1 amide bonds. The predicted octanol–water partition coefficient (Wildman–Crippen LogP) is 2.78. The molecule has 1 atom stereocenters. The first kappa shape index (κ1) is 11.8. The van der Waals surface area contributed by atoms with E-state index in [0.29, 0.717) is 6.04 Å². The molecule has 0 spiro atoms. The van der Waals surface area contributed by atoms with E-state index in [0.717, 1.165) is 24.7 Å². The van der Waals surface area contributed by atoms with Crippen LogP contribution in [0.5, 0.6) is 0 Å². The summed E-state index contributed by atoms with van der Waals surface area (Å²) >= 11 is 3.42. The number of halogens is 1. The fourth-order valence-electron chi connectivity index (χ4n) is 1.56. The molecule has 1 unspecified atom stereocenters. The first-order valence-corrected chi connectivity index (χ1v) is 6.12. The molecule has 0 saturated carbocycles. The Labute approximate surface area is 93.9 Å². The summed E-state index contributed by atoms with van der Waals surface area (Å²) in [6.07, 6.45) is 1.97. The summed E-state index contributed by atoms with van der Waals surface area (Å²) in [6.45, 7) is 6.50. The van der Waals surface area contributed by atoms with Crippen LogP contribution in [0.2, 0.25) is 0 Å². The van der Waals surface area contributed by atoms with Gasteiger partial charge in [-0.2, -0.15) is 0 Å². The highest BCUT2D eigenvalue weighted by Gasteiger charge is 2.31. The smallest absolute Gasteiger partial charge is 0.410 e. The average Bonchev–Trinajstić information content (AvgIpc) is 2.47. The summed E-state index contributed by atoms with van der Waals surface area (Å²) in [5, 5.41) is 0.840. The van der Waals surface area contributed by atoms with Crippen LogP contribution in [-0.4, -0.2) is 34.5 Å². The lowest BCUT2D eigenvalue weighted by Gasteiger charge is -2.27. The molecule has 0 aromatic rings. The van der Waals surface area contributed by atoms with E-state index in [1.807, 2.05) is 25.7 Å². The third-order valence-electron chi connectivity index (χ3n) is 2.18. The molecule has 1 aliphatic rings. The van der Waals surface area contributed by atoms with E-state index in [1.54, 1.807) is 0 Å². The Morgan fingerprint density at radius 2 is 2.21 bits per heavy atom. The van der Waals surface area contributed by atoms with E-state index in [1.165, 1.54) is 0 Å². The normalized spacial score (nSPS) is 22.6. The monoisotopic (exact) mass is 263 g/mol. The maximum atomic E-state index is 11.7. The molecule has 1 fully saturated rings. The van der Waals surface area contributed by atoms with E-state index >= 15 is 0 Å². The van der Waals surface area contributed by atoms with Crippen LogP contribution in [0.1, 0.15) is 33.6 Å². The zero-order valence-electron chi connectivity index (χ0n) is 9.05. The van der Waals surface area contributed by atoms with Crippen LogP contribution in [0.15, 0.2) is 0 Å². The second-order valence-corrected chi connectivity index (χ2v) is 5.27. The van der Waals surface area contributed by atoms with E-state index in [-0.39, 0.29) is 6.09 Å². The van der Waals surface area contributed by atoms with Gasteiger partial charge in [-0.25, -0.2) is 4.79 Å². The van der Waals surface area contributed by atoms with Gasteiger partial charge in [0.15, 0.2) is 0 Å². The molecule has 0 radical (unpaired) electrons. The second kappa shape index (κ2) is 4.51. The zero-order valence-corrected chi connectivity index (χ0v) is 10.6. The SMILES string of the molecule is CC(C)(C)OC(=O)N1CCCC1CBr. The van der Waals surface area contributed by atoms with E-state index in [4.69, 9.17) is 4.74 Å². The lowest BCUT2D eigenvalue weighted by molar-refractivity contribution is 0.0242. The number of amides is 1. The first-order valence-electron chi connectivity index (χ1n) is 4.99. The van der Waals surface area contributed by atoms with Crippen molar-refractivity contribution < 1.29 is 9.53 Å². The minimum atomic E-state index is -0.392. The third-order valence-corrected chi connectivity index (χ3v) is 2.93. The number of rotatable bonds is 1. The van der Waals surface area contributed by atoms with Crippen molar-refractivity contribution in [2.45, 2.75) is 45.3 Å². The molecule has 0 aromatic carbocycles. The van der Waals surface area contributed by atoms with Crippen molar-refractivity contribution in [1.29, 1.82) is 0 Å². The standard InChI is InChI=1S/C10H18BrNO2/c1-10(2,3)14-9(13)12-6-4-5-8(12)7-11/h8H,4-7H2,1-3H3. The van der Waals surface area contributed by atoms with Gasteiger partial charge in [-0.05, 0) is 33.6 Å². The van der Waals surface area contributed by atoms with Crippen LogP contribution in [0.3, 0.4) is 0 Å². The molecule has 1 aliphatic heterocycles. The van der Waals surface area contributed by atoms with Crippen LogP contribution in [-0.2, 0) is 4.74 Å². The molecule has 0 aliphatic carbocycles. The molecule has 1 heterocycles. The summed E-state index contributed by atoms with van der Waals surface area (Å²) in [5.41, 5.74) is -0.392. The Balaban J connectivity index is 2.52. The topological polar surface area (TPSA) is 29.5 Å². The van der Waals surface area contributed by atoms with E-state index in [2.05, 4.69) is 15.9 Å². The molecule has 0 N–H and O–H groups in total. The summed E-state index contributed by atoms with van der Waals surface area (Å²) < 4.78 is 5.32. The quantitative estimate of drug-likeness (QED) is 0.681. The van der Waals surface area contributed by atoms with E-state index < -0.39 is 5.60 Å². The predicted molar refractivity (Wildman–Crippen MR) is 59.8 cm³/mol. The van der Waals surface area contributed by atoms with E-state index in [9.17, 15) is 4.79 Å². The maximum absolute atomic E-state index is 11.7. The number of alkyl halides is 1. The van der Waals surface area contributed by atoms with Crippen LogP contribution < -0.4 is 0 Å². The highest BCUT2D eigenvalue weighted by atomic mass is 79.9. The largest absolute Gasteiger partial charge is 0.444 e. The van der Waals surface area contributed by atoms with Crippen LogP contribution in [0.25, 0.3) is 0 Å². The molecule has 1 saturated heterocycles. The molecular formula is C10H18BrNO2. The van der Waals surface area contributed by atoms with Crippen molar-refractivity contribution in [2.75, 3.05) is 11.9 Å². The van der Waals surface area contributed by atoms with Gasteiger partial charge in [0.25, 0.3) is 0 Å². The van der Waals surface area contributed by atoms with Gasteiger partial charge < -0.3 is 9.64 Å². The number of nitrogens with zero attached hydrogens (tertiary/aromatic N) is 1. The van der Waals surface area contributed by atoms with Crippen LogP contribution in [0.4, 0.5) is 4.79 Å². The summed E-state index contributed by atoms with van der Waals surface area (Å²) in [6, 6.07) is 0.310. The van der Waals surface area contributed by atoms with Gasteiger partial charge in [0.05, 0.1) is 0 Å². The fraction of sp³-hybridized carbons (Fsp3) is 0.900. The Hall–Kier alpha value is -0.250. The number of hydrogen-bond donors (Lipinski definition) is 0. The molecule has 82 valence electrons. The highest BCUT2D eigenvalue weighted by molar-refractivity contribution is 9.09. The summed E-state index contributed by atoms with van der Waals surface area (Å²) in [7, 11) is 0. The van der Waals surface area contributed by atoms with Gasteiger partial charge >= 0.3 is 6.09 Å². The summed E-state index contributed by atoms with van der Waals surface area (Å²) in [5.74, 6) is 0. The zero-order chi connectivity index (χ0) is 10.8. The minimum Gasteiger partial charge on any atom is -0.444 e. The number of hydrogen-bond acceptors (Lipinski definition) is 2. The fourth-order valence-corrected chi connectivity index (χ4v) is 2.23. The van der Waals surface area contributed by atoms with Crippen molar-refractivity contribution in [1.82, 2.24) is 4.90 Å². The van der Waals surface area contributed by atoms with Crippen molar-refractivity contribution in [3.63, 3.8) is 0 Å². The van der Waals surface area contributed by atoms with Gasteiger partial charge in [-0.15, -0.1) is 0 Å². The van der Waals surface area contributed by atoms with Crippen LogP contribution >= 0.6 is 15.9 Å². The Bertz CT molecular complexity index is 213. The third kappa shape index (κ3) is 3.15. The van der Waals surface area contributed by atoms with Crippen molar-refractivity contribution in [2.24, 2.45) is 0 Å². The van der Waals surface area contributed by atoms with Crippen molar-refractivity contribution >= 4 is 22.0 Å². The van der Waals surface area contributed by atoms with Crippen molar-refractivity contribution in [3.8, 4) is 0 Å². The number of likely N-dealkylation sites (tertiary alicyclic amines) is 1. The molecule has 3 nitrogen and oxygen atoms in total. The number of carbonyl (C=O) groups is 1.